The Morgan fingerprint density at radius 1 is 1.82 bits per heavy atom. The third-order valence-electron chi connectivity index (χ3n) is 1.35. The largest absolute Gasteiger partial charge is 0.389 e. The van der Waals surface area contributed by atoms with E-state index < -0.39 is 4.45 Å². The summed E-state index contributed by atoms with van der Waals surface area (Å²) in [6, 6.07) is 0. The Labute approximate surface area is 73.0 Å². The Balaban J connectivity index is 2.56. The van der Waals surface area contributed by atoms with Gasteiger partial charge in [-0.25, -0.2) is 4.98 Å². The molecule has 1 aromatic rings. The molecule has 4 nitrogen and oxygen atoms in total. The minimum absolute atomic E-state index is 0.00597. The first-order chi connectivity index (χ1) is 5.14. The monoisotopic (exact) mass is 220 g/mol. The number of aliphatic hydroxyl groups excluding tert-OH is 1. The summed E-state index contributed by atoms with van der Waals surface area (Å²) in [6.07, 6.45) is 3.97. The Bertz CT molecular complexity index is 210. The van der Waals surface area contributed by atoms with E-state index in [-0.39, 0.29) is 6.61 Å². The van der Waals surface area contributed by atoms with Crippen molar-refractivity contribution in [3.63, 3.8) is 0 Å². The van der Waals surface area contributed by atoms with E-state index in [9.17, 15) is 0 Å². The zero-order valence-electron chi connectivity index (χ0n) is 6.05. The Hall–Kier alpha value is -0.390. The van der Waals surface area contributed by atoms with Crippen LogP contribution >= 0.6 is 15.9 Å². The minimum Gasteiger partial charge on any atom is -0.389 e. The number of quaternary nitrogens is 1. The maximum Gasteiger partial charge on any atom is 0.178 e. The molecule has 1 aromatic heterocycles. The van der Waals surface area contributed by atoms with Gasteiger partial charge in [0, 0.05) is 11.9 Å². The molecule has 5 heteroatoms. The number of H-pyrrole nitrogens is 1. The van der Waals surface area contributed by atoms with Gasteiger partial charge in [0.2, 0.25) is 0 Å². The zero-order valence-corrected chi connectivity index (χ0v) is 7.63. The lowest BCUT2D eigenvalue weighted by molar-refractivity contribution is -0.440. The second-order valence-corrected chi connectivity index (χ2v) is 4.24. The van der Waals surface area contributed by atoms with Gasteiger partial charge in [-0.3, -0.25) is 0 Å². The minimum atomic E-state index is -0.487. The van der Waals surface area contributed by atoms with Crippen LogP contribution < -0.4 is 5.73 Å². The van der Waals surface area contributed by atoms with Crippen molar-refractivity contribution >= 4 is 15.9 Å². The molecular formula is C6H11BrN3O+. The van der Waals surface area contributed by atoms with Gasteiger partial charge in [0.1, 0.15) is 6.61 Å². The summed E-state index contributed by atoms with van der Waals surface area (Å²) in [5, 5.41) is 8.85. The summed E-state index contributed by atoms with van der Waals surface area (Å²) in [7, 11) is 0. The Morgan fingerprint density at radius 3 is 3.00 bits per heavy atom. The van der Waals surface area contributed by atoms with Gasteiger partial charge in [-0.15, -0.1) is 0 Å². The summed E-state index contributed by atoms with van der Waals surface area (Å²) in [4.78, 5) is 6.79. The van der Waals surface area contributed by atoms with Crippen LogP contribution in [0.5, 0.6) is 0 Å². The molecule has 0 unspecified atom stereocenters. The van der Waals surface area contributed by atoms with Crippen molar-refractivity contribution in [1.82, 2.24) is 9.97 Å². The van der Waals surface area contributed by atoms with Crippen LogP contribution in [0.15, 0.2) is 12.5 Å². The smallest absolute Gasteiger partial charge is 0.178 e. The second-order valence-electron chi connectivity index (χ2n) is 2.56. The highest BCUT2D eigenvalue weighted by Crippen LogP contribution is 2.12. The van der Waals surface area contributed by atoms with Crippen molar-refractivity contribution in [3.8, 4) is 0 Å². The van der Waals surface area contributed by atoms with Crippen LogP contribution in [-0.2, 0) is 6.42 Å². The number of imidazole rings is 1. The molecule has 0 aromatic carbocycles. The van der Waals surface area contributed by atoms with Crippen molar-refractivity contribution in [1.29, 1.82) is 0 Å². The van der Waals surface area contributed by atoms with Gasteiger partial charge in [0.25, 0.3) is 0 Å². The fourth-order valence-corrected chi connectivity index (χ4v) is 1.08. The molecule has 0 aliphatic carbocycles. The second kappa shape index (κ2) is 3.34. The van der Waals surface area contributed by atoms with Crippen molar-refractivity contribution < 1.29 is 10.8 Å². The van der Waals surface area contributed by atoms with Gasteiger partial charge < -0.3 is 15.8 Å². The van der Waals surface area contributed by atoms with Crippen molar-refractivity contribution in [2.75, 3.05) is 6.61 Å². The summed E-state index contributed by atoms with van der Waals surface area (Å²) in [5.41, 5.74) is 4.75. The fourth-order valence-electron chi connectivity index (χ4n) is 0.779. The maximum atomic E-state index is 8.85. The highest BCUT2D eigenvalue weighted by atomic mass is 79.9. The standard InChI is InChI=1S/C6H10BrN3O/c7-6(8,3-11)1-5-2-9-4-10-5/h2,4,11H,1,3,8H2,(H,9,10)/p+1/t6-/m0/s1. The van der Waals surface area contributed by atoms with E-state index in [0.29, 0.717) is 6.42 Å². The lowest BCUT2D eigenvalue weighted by atomic mass is 10.2. The molecule has 0 saturated heterocycles. The predicted octanol–water partition coefficient (Wildman–Crippen LogP) is -0.722. The SMILES string of the molecule is [NH3+][C@](Br)(CO)Cc1cnc[nH]1. The first-order valence-electron chi connectivity index (χ1n) is 3.26. The van der Waals surface area contributed by atoms with E-state index in [1.807, 2.05) is 0 Å². The number of aromatic nitrogens is 2. The molecule has 0 radical (unpaired) electrons. The van der Waals surface area contributed by atoms with Crippen LogP contribution in [-0.4, -0.2) is 26.1 Å². The molecule has 0 amide bonds. The quantitative estimate of drug-likeness (QED) is 0.465. The molecule has 1 heterocycles. The van der Waals surface area contributed by atoms with Gasteiger partial charge in [-0.1, -0.05) is 0 Å². The van der Waals surface area contributed by atoms with Gasteiger partial charge >= 0.3 is 0 Å². The van der Waals surface area contributed by atoms with Crippen LogP contribution in [0.1, 0.15) is 5.69 Å². The number of nitrogens with one attached hydrogen (secondary N) is 1. The van der Waals surface area contributed by atoms with Crippen molar-refractivity contribution in [2.24, 2.45) is 0 Å². The van der Waals surface area contributed by atoms with Crippen LogP contribution in [0.4, 0.5) is 0 Å². The molecule has 62 valence electrons. The fraction of sp³-hybridized carbons (Fsp3) is 0.500. The highest BCUT2D eigenvalue weighted by Gasteiger charge is 2.24. The average Bonchev–Trinajstić information content (AvgIpc) is 2.39. The average molecular weight is 221 g/mol. The molecule has 0 fully saturated rings. The van der Waals surface area contributed by atoms with E-state index in [2.05, 4.69) is 31.6 Å². The molecule has 1 rings (SSSR count). The number of hydrogen-bond donors (Lipinski definition) is 3. The number of nitrogens with zero attached hydrogens (tertiary/aromatic N) is 1. The van der Waals surface area contributed by atoms with Gasteiger partial charge in [0.05, 0.1) is 12.7 Å². The van der Waals surface area contributed by atoms with Crippen LogP contribution in [0.25, 0.3) is 0 Å². The lowest BCUT2D eigenvalue weighted by Gasteiger charge is -2.13. The first kappa shape index (κ1) is 8.70. The van der Waals surface area contributed by atoms with Crippen molar-refractivity contribution in [2.45, 2.75) is 10.9 Å². The van der Waals surface area contributed by atoms with Crippen LogP contribution in [0, 0.1) is 0 Å². The topological polar surface area (TPSA) is 76.6 Å². The zero-order chi connectivity index (χ0) is 8.32. The normalized spacial score (nSPS) is 16.3. The number of hydrogen-bond acceptors (Lipinski definition) is 2. The molecule has 11 heavy (non-hydrogen) atoms. The summed E-state index contributed by atoms with van der Waals surface area (Å²) in [5.74, 6) is 0. The van der Waals surface area contributed by atoms with Crippen LogP contribution in [0.3, 0.4) is 0 Å². The Morgan fingerprint density at radius 2 is 2.55 bits per heavy atom. The number of halogens is 1. The van der Waals surface area contributed by atoms with E-state index in [1.165, 1.54) is 0 Å². The molecule has 0 spiro atoms. The molecule has 0 aliphatic heterocycles. The summed E-state index contributed by atoms with van der Waals surface area (Å²) in [6.45, 7) is 0.00597. The number of aromatic amines is 1. The maximum absolute atomic E-state index is 8.85. The first-order valence-corrected chi connectivity index (χ1v) is 4.06. The van der Waals surface area contributed by atoms with E-state index in [4.69, 9.17) is 5.11 Å². The van der Waals surface area contributed by atoms with E-state index >= 15 is 0 Å². The van der Waals surface area contributed by atoms with Gasteiger partial charge in [-0.2, -0.15) is 0 Å². The molecule has 5 N–H and O–H groups in total. The molecule has 1 atom stereocenters. The van der Waals surface area contributed by atoms with Crippen LogP contribution in [0.2, 0.25) is 0 Å². The molecule has 0 saturated carbocycles. The Kier molecular flexibility index (Phi) is 2.64. The summed E-state index contributed by atoms with van der Waals surface area (Å²) < 4.78 is -0.487. The third-order valence-corrected chi connectivity index (χ3v) is 1.88. The molecule has 0 bridgehead atoms. The van der Waals surface area contributed by atoms with Gasteiger partial charge in [-0.05, 0) is 15.9 Å². The van der Waals surface area contributed by atoms with E-state index in [0.717, 1.165) is 5.69 Å². The number of rotatable bonds is 3. The molecular weight excluding hydrogens is 210 g/mol. The van der Waals surface area contributed by atoms with Gasteiger partial charge in [0.15, 0.2) is 4.45 Å². The highest BCUT2D eigenvalue weighted by molar-refractivity contribution is 9.10. The number of alkyl halides is 1. The number of aliphatic hydroxyl groups is 1. The van der Waals surface area contributed by atoms with E-state index in [1.54, 1.807) is 12.5 Å². The third kappa shape index (κ3) is 2.61. The van der Waals surface area contributed by atoms with Crippen molar-refractivity contribution in [3.05, 3.63) is 18.2 Å². The lowest BCUT2D eigenvalue weighted by Crippen LogP contribution is -2.71. The predicted molar refractivity (Wildman–Crippen MR) is 43.9 cm³/mol. The molecule has 0 aliphatic rings. The summed E-state index contributed by atoms with van der Waals surface area (Å²) >= 11 is 3.29.